The number of piperidine rings is 1. The summed E-state index contributed by atoms with van der Waals surface area (Å²) >= 11 is 5.25. The van der Waals surface area contributed by atoms with E-state index in [-0.39, 0.29) is 11.9 Å². The van der Waals surface area contributed by atoms with Gasteiger partial charge < -0.3 is 16.0 Å². The number of hydrogen-bond donors (Lipinski definition) is 2. The van der Waals surface area contributed by atoms with Crippen LogP contribution in [-0.4, -0.2) is 41.5 Å². The standard InChI is InChI=1S/C16H31N3OS/c1-5-8-16(9-6-2,14(17)21)15(20)18-13-7-10-19(4)12(3)11-13/h12-13H,5-11H2,1-4H3,(H2,17,21)(H,18,20). The van der Waals surface area contributed by atoms with Crippen LogP contribution in [0, 0.1) is 5.41 Å². The molecule has 2 unspecified atom stereocenters. The van der Waals surface area contributed by atoms with Crippen LogP contribution in [0.4, 0.5) is 0 Å². The fourth-order valence-electron chi connectivity index (χ4n) is 3.31. The molecule has 5 heteroatoms. The van der Waals surface area contributed by atoms with E-state index in [2.05, 4.69) is 38.0 Å². The molecule has 0 aliphatic carbocycles. The SMILES string of the molecule is CCCC(CCC)(C(=O)NC1CCN(C)C(C)C1)C(N)=S. The molecule has 1 rings (SSSR count). The van der Waals surface area contributed by atoms with E-state index in [1.807, 2.05) is 0 Å². The molecule has 1 aliphatic heterocycles. The van der Waals surface area contributed by atoms with E-state index in [4.69, 9.17) is 18.0 Å². The molecule has 0 aromatic carbocycles. The molecule has 1 saturated heterocycles. The van der Waals surface area contributed by atoms with Gasteiger partial charge in [0.25, 0.3) is 0 Å². The fraction of sp³-hybridized carbons (Fsp3) is 0.875. The zero-order chi connectivity index (χ0) is 16.0. The molecule has 1 heterocycles. The zero-order valence-electron chi connectivity index (χ0n) is 13.9. The zero-order valence-corrected chi connectivity index (χ0v) is 14.8. The number of amides is 1. The van der Waals surface area contributed by atoms with Crippen LogP contribution in [0.2, 0.25) is 0 Å². The van der Waals surface area contributed by atoms with Crippen LogP contribution in [0.5, 0.6) is 0 Å². The first kappa shape index (κ1) is 18.4. The first-order valence-corrected chi connectivity index (χ1v) is 8.59. The largest absolute Gasteiger partial charge is 0.392 e. The van der Waals surface area contributed by atoms with Crippen LogP contribution in [-0.2, 0) is 4.79 Å². The summed E-state index contributed by atoms with van der Waals surface area (Å²) in [7, 11) is 2.14. The highest BCUT2D eigenvalue weighted by Crippen LogP contribution is 2.31. The maximum atomic E-state index is 12.9. The third kappa shape index (κ3) is 4.39. The van der Waals surface area contributed by atoms with Gasteiger partial charge in [-0.25, -0.2) is 0 Å². The van der Waals surface area contributed by atoms with E-state index in [9.17, 15) is 4.79 Å². The molecule has 1 aliphatic rings. The third-order valence-electron chi connectivity index (χ3n) is 4.80. The van der Waals surface area contributed by atoms with Crippen LogP contribution >= 0.6 is 12.2 Å². The number of nitrogens with one attached hydrogen (secondary N) is 1. The molecule has 3 N–H and O–H groups in total. The number of carbonyl (C=O) groups excluding carboxylic acids is 1. The lowest BCUT2D eigenvalue weighted by molar-refractivity contribution is -0.129. The number of nitrogens with two attached hydrogens (primary N) is 1. The van der Waals surface area contributed by atoms with E-state index in [1.165, 1.54) is 0 Å². The Kier molecular flexibility index (Phi) is 7.07. The summed E-state index contributed by atoms with van der Waals surface area (Å²) in [4.78, 5) is 15.5. The Morgan fingerprint density at radius 2 is 1.95 bits per heavy atom. The Morgan fingerprint density at radius 1 is 1.38 bits per heavy atom. The normalized spacial score (nSPS) is 23.8. The molecular formula is C16H31N3OS. The summed E-state index contributed by atoms with van der Waals surface area (Å²) in [5.74, 6) is 0.0421. The van der Waals surface area contributed by atoms with Gasteiger partial charge in [-0.1, -0.05) is 38.9 Å². The van der Waals surface area contributed by atoms with Crippen molar-refractivity contribution < 1.29 is 4.79 Å². The van der Waals surface area contributed by atoms with Crippen LogP contribution in [0.15, 0.2) is 0 Å². The number of nitrogens with zero attached hydrogens (tertiary/aromatic N) is 1. The maximum absolute atomic E-state index is 12.9. The van der Waals surface area contributed by atoms with Crippen molar-refractivity contribution in [2.24, 2.45) is 11.1 Å². The Bertz CT molecular complexity index is 367. The van der Waals surface area contributed by atoms with Crippen molar-refractivity contribution in [2.75, 3.05) is 13.6 Å². The van der Waals surface area contributed by atoms with Gasteiger partial charge in [0.15, 0.2) is 0 Å². The minimum atomic E-state index is -0.661. The maximum Gasteiger partial charge on any atom is 0.233 e. The van der Waals surface area contributed by atoms with Gasteiger partial charge >= 0.3 is 0 Å². The van der Waals surface area contributed by atoms with Crippen molar-refractivity contribution in [1.82, 2.24) is 10.2 Å². The molecular weight excluding hydrogens is 282 g/mol. The van der Waals surface area contributed by atoms with Crippen LogP contribution in [0.1, 0.15) is 59.3 Å². The smallest absolute Gasteiger partial charge is 0.233 e. The number of thiocarbonyl (C=S) groups is 1. The lowest BCUT2D eigenvalue weighted by Crippen LogP contribution is -2.54. The molecule has 122 valence electrons. The van der Waals surface area contributed by atoms with Gasteiger partial charge in [-0.05, 0) is 39.7 Å². The minimum absolute atomic E-state index is 0.0421. The average Bonchev–Trinajstić information content (AvgIpc) is 2.42. The fourth-order valence-corrected chi connectivity index (χ4v) is 3.60. The predicted octanol–water partition coefficient (Wildman–Crippen LogP) is 2.46. The highest BCUT2D eigenvalue weighted by molar-refractivity contribution is 7.80. The van der Waals surface area contributed by atoms with Crippen molar-refractivity contribution in [3.05, 3.63) is 0 Å². The summed E-state index contributed by atoms with van der Waals surface area (Å²) in [6.45, 7) is 7.38. The van der Waals surface area contributed by atoms with Gasteiger partial charge in [0.05, 0.1) is 10.4 Å². The van der Waals surface area contributed by atoms with E-state index in [0.29, 0.717) is 11.0 Å². The van der Waals surface area contributed by atoms with Crippen molar-refractivity contribution in [3.63, 3.8) is 0 Å². The molecule has 0 spiro atoms. The molecule has 0 aromatic rings. The molecule has 0 radical (unpaired) electrons. The van der Waals surface area contributed by atoms with Crippen molar-refractivity contribution in [2.45, 2.75) is 71.4 Å². The highest BCUT2D eigenvalue weighted by atomic mass is 32.1. The van der Waals surface area contributed by atoms with Gasteiger partial charge in [-0.15, -0.1) is 0 Å². The van der Waals surface area contributed by atoms with Gasteiger partial charge in [0.2, 0.25) is 5.91 Å². The van der Waals surface area contributed by atoms with Crippen molar-refractivity contribution >= 4 is 23.1 Å². The number of likely N-dealkylation sites (tertiary alicyclic amines) is 1. The lowest BCUT2D eigenvalue weighted by atomic mass is 9.77. The lowest BCUT2D eigenvalue weighted by Gasteiger charge is -2.38. The van der Waals surface area contributed by atoms with Crippen LogP contribution in [0.3, 0.4) is 0 Å². The monoisotopic (exact) mass is 313 g/mol. The summed E-state index contributed by atoms with van der Waals surface area (Å²) in [6.07, 6.45) is 5.30. The second-order valence-electron chi connectivity index (χ2n) is 6.47. The number of hydrogen-bond acceptors (Lipinski definition) is 3. The number of rotatable bonds is 7. The van der Waals surface area contributed by atoms with Crippen molar-refractivity contribution in [1.29, 1.82) is 0 Å². The van der Waals surface area contributed by atoms with Crippen LogP contribution < -0.4 is 11.1 Å². The van der Waals surface area contributed by atoms with Gasteiger partial charge in [0, 0.05) is 18.6 Å². The summed E-state index contributed by atoms with van der Waals surface area (Å²) in [5.41, 5.74) is 5.30. The van der Waals surface area contributed by atoms with Gasteiger partial charge in [-0.3, -0.25) is 4.79 Å². The highest BCUT2D eigenvalue weighted by Gasteiger charge is 2.41. The summed E-state index contributed by atoms with van der Waals surface area (Å²) in [6, 6.07) is 0.742. The van der Waals surface area contributed by atoms with E-state index < -0.39 is 5.41 Å². The molecule has 21 heavy (non-hydrogen) atoms. The minimum Gasteiger partial charge on any atom is -0.392 e. The number of carbonyl (C=O) groups is 1. The third-order valence-corrected chi connectivity index (χ3v) is 5.19. The second-order valence-corrected chi connectivity index (χ2v) is 6.91. The quantitative estimate of drug-likeness (QED) is 0.709. The molecule has 2 atom stereocenters. The Morgan fingerprint density at radius 3 is 2.38 bits per heavy atom. The average molecular weight is 314 g/mol. The Balaban J connectivity index is 2.79. The van der Waals surface area contributed by atoms with Gasteiger partial charge in [0.1, 0.15) is 0 Å². The van der Waals surface area contributed by atoms with E-state index in [0.717, 1.165) is 45.1 Å². The predicted molar refractivity (Wildman–Crippen MR) is 92.3 cm³/mol. The molecule has 4 nitrogen and oxygen atoms in total. The Hall–Kier alpha value is -0.680. The molecule has 1 fully saturated rings. The van der Waals surface area contributed by atoms with Gasteiger partial charge in [-0.2, -0.15) is 0 Å². The first-order chi connectivity index (χ1) is 9.87. The second kappa shape index (κ2) is 8.08. The van der Waals surface area contributed by atoms with E-state index >= 15 is 0 Å². The van der Waals surface area contributed by atoms with Crippen LogP contribution in [0.25, 0.3) is 0 Å². The van der Waals surface area contributed by atoms with Crippen molar-refractivity contribution in [3.8, 4) is 0 Å². The molecule has 0 aromatic heterocycles. The first-order valence-electron chi connectivity index (χ1n) is 8.18. The molecule has 0 saturated carbocycles. The topological polar surface area (TPSA) is 58.4 Å². The van der Waals surface area contributed by atoms with E-state index in [1.54, 1.807) is 0 Å². The Labute approximate surface area is 134 Å². The molecule has 0 bridgehead atoms. The summed E-state index contributed by atoms with van der Waals surface area (Å²) < 4.78 is 0. The summed E-state index contributed by atoms with van der Waals surface area (Å²) in [5, 5.41) is 3.23. The molecule has 1 amide bonds.